The minimum absolute atomic E-state index is 0.0118. The number of rotatable bonds is 7. The normalized spacial score (nSPS) is 11.0. The molecule has 172 valence electrons. The molecule has 2 amide bonds. The van der Waals surface area contributed by atoms with Crippen molar-refractivity contribution in [2.75, 3.05) is 19.0 Å². The van der Waals surface area contributed by atoms with E-state index >= 15 is 0 Å². The van der Waals surface area contributed by atoms with Crippen LogP contribution in [0.4, 0.5) is 23.7 Å². The Bertz CT molecular complexity index is 1130. The van der Waals surface area contributed by atoms with E-state index in [1.807, 2.05) is 6.07 Å². The first kappa shape index (κ1) is 23.6. The van der Waals surface area contributed by atoms with Gasteiger partial charge in [0.15, 0.2) is 6.61 Å². The predicted molar refractivity (Wildman–Crippen MR) is 117 cm³/mol. The van der Waals surface area contributed by atoms with Gasteiger partial charge in [-0.05, 0) is 47.5 Å². The van der Waals surface area contributed by atoms with Gasteiger partial charge in [-0.3, -0.25) is 0 Å². The summed E-state index contributed by atoms with van der Waals surface area (Å²) in [5.74, 6) is -1.24. The molecule has 2 N–H and O–H groups in total. The number of carbonyl (C=O) groups excluding carboxylic acids is 1. The molecule has 3 aromatic carbocycles. The fourth-order valence-electron chi connectivity index (χ4n) is 3.12. The number of hydrogen-bond acceptors (Lipinski definition) is 3. The summed E-state index contributed by atoms with van der Waals surface area (Å²) >= 11 is 0. The fourth-order valence-corrected chi connectivity index (χ4v) is 3.12. The zero-order valence-electron chi connectivity index (χ0n) is 17.6. The summed E-state index contributed by atoms with van der Waals surface area (Å²) in [7, 11) is 1.59. The highest BCUT2D eigenvalue weighted by Gasteiger charge is 2.31. The van der Waals surface area contributed by atoms with Crippen LogP contribution in [0, 0.1) is 0 Å². The molecule has 0 saturated carbocycles. The second-order valence-electron chi connectivity index (χ2n) is 7.24. The van der Waals surface area contributed by atoms with E-state index in [-0.39, 0.29) is 23.9 Å². The van der Waals surface area contributed by atoms with Crippen molar-refractivity contribution in [3.63, 3.8) is 0 Å². The third-order valence-electron chi connectivity index (χ3n) is 4.69. The van der Waals surface area contributed by atoms with Crippen LogP contribution < -0.4 is 10.1 Å². The van der Waals surface area contributed by atoms with Crippen LogP contribution in [0.15, 0.2) is 72.8 Å². The number of nitrogens with one attached hydrogen (secondary N) is 1. The number of anilines is 1. The van der Waals surface area contributed by atoms with E-state index < -0.39 is 24.3 Å². The average Bonchev–Trinajstić information content (AvgIpc) is 2.77. The molecule has 0 radical (unpaired) electrons. The number of amides is 2. The van der Waals surface area contributed by atoms with Gasteiger partial charge in [-0.15, -0.1) is 0 Å². The molecule has 0 fully saturated rings. The molecule has 0 bridgehead atoms. The maximum atomic E-state index is 13.3. The van der Waals surface area contributed by atoms with Gasteiger partial charge in [0.1, 0.15) is 5.75 Å². The number of urea groups is 1. The van der Waals surface area contributed by atoms with Crippen LogP contribution in [0.3, 0.4) is 0 Å². The van der Waals surface area contributed by atoms with Gasteiger partial charge in [0, 0.05) is 24.8 Å². The first-order valence-electron chi connectivity index (χ1n) is 9.86. The van der Waals surface area contributed by atoms with Gasteiger partial charge in [-0.1, -0.05) is 36.4 Å². The Kier molecular flexibility index (Phi) is 7.22. The second-order valence-corrected chi connectivity index (χ2v) is 7.24. The van der Waals surface area contributed by atoms with E-state index in [1.54, 1.807) is 55.6 Å². The Morgan fingerprint density at radius 2 is 1.73 bits per heavy atom. The minimum atomic E-state index is -4.58. The standard InChI is InChI=1S/C24H21F3N2O4/c1-29(23(32)28-19-8-3-2-4-9-19)14-16-6-5-7-17(12-16)20-13-18(24(25,26)27)10-11-21(20)33-15-22(30)31/h2-13H,14-15H2,1H3,(H,28,32)(H,30,31). The van der Waals surface area contributed by atoms with Crippen molar-refractivity contribution in [2.24, 2.45) is 0 Å². The predicted octanol–water partition coefficient (Wildman–Crippen LogP) is 5.50. The Labute approximate surface area is 188 Å². The number of halogens is 3. The molecule has 9 heteroatoms. The average molecular weight is 458 g/mol. The van der Waals surface area contributed by atoms with Crippen LogP contribution in [-0.4, -0.2) is 35.7 Å². The molecule has 0 aliphatic heterocycles. The molecular formula is C24H21F3N2O4. The van der Waals surface area contributed by atoms with Gasteiger partial charge in [-0.2, -0.15) is 13.2 Å². The summed E-state index contributed by atoms with van der Waals surface area (Å²) < 4.78 is 45.0. The van der Waals surface area contributed by atoms with Crippen LogP contribution in [-0.2, 0) is 17.5 Å². The highest BCUT2D eigenvalue weighted by Crippen LogP contribution is 2.37. The van der Waals surface area contributed by atoms with Crippen molar-refractivity contribution in [1.29, 1.82) is 0 Å². The number of carboxylic acids is 1. The highest BCUT2D eigenvalue weighted by atomic mass is 19.4. The Morgan fingerprint density at radius 3 is 2.39 bits per heavy atom. The van der Waals surface area contributed by atoms with Gasteiger partial charge in [0.25, 0.3) is 0 Å². The number of benzene rings is 3. The van der Waals surface area contributed by atoms with Crippen molar-refractivity contribution in [3.05, 3.63) is 83.9 Å². The second kappa shape index (κ2) is 10.1. The highest BCUT2D eigenvalue weighted by molar-refractivity contribution is 5.89. The van der Waals surface area contributed by atoms with Gasteiger partial charge in [0.05, 0.1) is 5.56 Å². The molecule has 0 saturated heterocycles. The monoisotopic (exact) mass is 458 g/mol. The number of alkyl halides is 3. The van der Waals surface area contributed by atoms with Crippen molar-refractivity contribution >= 4 is 17.7 Å². The quantitative estimate of drug-likeness (QED) is 0.490. The summed E-state index contributed by atoms with van der Waals surface area (Å²) in [6.07, 6.45) is -4.58. The lowest BCUT2D eigenvalue weighted by molar-refractivity contribution is -0.140. The number of carbonyl (C=O) groups is 2. The van der Waals surface area contributed by atoms with Crippen molar-refractivity contribution in [1.82, 2.24) is 4.90 Å². The lowest BCUT2D eigenvalue weighted by Gasteiger charge is -2.19. The van der Waals surface area contributed by atoms with Gasteiger partial charge in [0.2, 0.25) is 0 Å². The van der Waals surface area contributed by atoms with Crippen LogP contribution in [0.25, 0.3) is 11.1 Å². The zero-order valence-corrected chi connectivity index (χ0v) is 17.6. The summed E-state index contributed by atoms with van der Waals surface area (Å²) in [5.41, 5.74) is 0.914. The molecule has 0 spiro atoms. The molecular weight excluding hydrogens is 437 g/mol. The summed E-state index contributed by atoms with van der Waals surface area (Å²) in [6.45, 7) is -0.503. The molecule has 0 aliphatic carbocycles. The third-order valence-corrected chi connectivity index (χ3v) is 4.69. The molecule has 0 heterocycles. The van der Waals surface area contributed by atoms with Gasteiger partial charge < -0.3 is 20.1 Å². The first-order chi connectivity index (χ1) is 15.6. The molecule has 0 aromatic heterocycles. The van der Waals surface area contributed by atoms with Gasteiger partial charge >= 0.3 is 18.2 Å². The van der Waals surface area contributed by atoms with E-state index in [4.69, 9.17) is 9.84 Å². The lowest BCUT2D eigenvalue weighted by atomic mass is 9.99. The maximum Gasteiger partial charge on any atom is 0.416 e. The van der Waals surface area contributed by atoms with Crippen molar-refractivity contribution < 1.29 is 32.6 Å². The molecule has 33 heavy (non-hydrogen) atoms. The van der Waals surface area contributed by atoms with Crippen LogP contribution >= 0.6 is 0 Å². The topological polar surface area (TPSA) is 78.9 Å². The molecule has 3 aromatic rings. The summed E-state index contributed by atoms with van der Waals surface area (Å²) in [5, 5.41) is 11.6. The molecule has 0 unspecified atom stereocenters. The van der Waals surface area contributed by atoms with Gasteiger partial charge in [-0.25, -0.2) is 9.59 Å². The van der Waals surface area contributed by atoms with Crippen LogP contribution in [0.2, 0.25) is 0 Å². The maximum absolute atomic E-state index is 13.3. The van der Waals surface area contributed by atoms with E-state index in [0.29, 0.717) is 16.8 Å². The summed E-state index contributed by atoms with van der Waals surface area (Å²) in [4.78, 5) is 24.7. The largest absolute Gasteiger partial charge is 0.481 e. The number of nitrogens with zero attached hydrogens (tertiary/aromatic N) is 1. The zero-order chi connectivity index (χ0) is 24.0. The van der Waals surface area contributed by atoms with Crippen LogP contribution in [0.5, 0.6) is 5.75 Å². The van der Waals surface area contributed by atoms with E-state index in [9.17, 15) is 22.8 Å². The number of aliphatic carboxylic acids is 1. The van der Waals surface area contributed by atoms with Crippen LogP contribution in [0.1, 0.15) is 11.1 Å². The smallest absolute Gasteiger partial charge is 0.416 e. The molecule has 3 rings (SSSR count). The molecule has 0 atom stereocenters. The fraction of sp³-hybridized carbons (Fsp3) is 0.167. The van der Waals surface area contributed by atoms with Crippen molar-refractivity contribution in [2.45, 2.75) is 12.7 Å². The van der Waals surface area contributed by atoms with E-state index in [0.717, 1.165) is 18.2 Å². The number of carboxylic acid groups (broad SMARTS) is 1. The lowest BCUT2D eigenvalue weighted by Crippen LogP contribution is -2.30. The molecule has 6 nitrogen and oxygen atoms in total. The van der Waals surface area contributed by atoms with Crippen molar-refractivity contribution in [3.8, 4) is 16.9 Å². The molecule has 0 aliphatic rings. The Hall–Kier alpha value is -4.01. The van der Waals surface area contributed by atoms with E-state index in [1.165, 1.54) is 4.90 Å². The number of hydrogen-bond donors (Lipinski definition) is 2. The third kappa shape index (κ3) is 6.49. The SMILES string of the molecule is CN(Cc1cccc(-c2cc(C(F)(F)F)ccc2OCC(=O)O)c1)C(=O)Nc1ccccc1. The van der Waals surface area contributed by atoms with E-state index in [2.05, 4.69) is 5.32 Å². The minimum Gasteiger partial charge on any atom is -0.481 e. The number of para-hydroxylation sites is 1. The first-order valence-corrected chi connectivity index (χ1v) is 9.86. The number of ether oxygens (including phenoxy) is 1. The Morgan fingerprint density at radius 1 is 1.00 bits per heavy atom. The summed E-state index contributed by atoms with van der Waals surface area (Å²) in [6, 6.07) is 18.0. The Balaban J connectivity index is 1.85.